The number of methoxy groups -OCH3 is 1. The average molecular weight is 493 g/mol. The number of aliphatic hydroxyl groups excluding tert-OH is 1. The minimum atomic E-state index is -1.93. The van der Waals surface area contributed by atoms with Gasteiger partial charge in [0.2, 0.25) is 11.4 Å². The van der Waals surface area contributed by atoms with E-state index in [4.69, 9.17) is 9.47 Å². The van der Waals surface area contributed by atoms with Crippen molar-refractivity contribution < 1.29 is 34.4 Å². The van der Waals surface area contributed by atoms with Crippen molar-refractivity contribution in [3.05, 3.63) is 88.2 Å². The van der Waals surface area contributed by atoms with Crippen LogP contribution < -0.4 is 0 Å². The Morgan fingerprint density at radius 1 is 1.03 bits per heavy atom. The van der Waals surface area contributed by atoms with Crippen LogP contribution in [0.4, 0.5) is 0 Å². The number of phenolic OH excluding ortho intramolecular Hbond substituents is 2. The molecule has 0 aliphatic carbocycles. The first kappa shape index (κ1) is 26.6. The van der Waals surface area contributed by atoms with Gasteiger partial charge < -0.3 is 24.8 Å². The zero-order valence-corrected chi connectivity index (χ0v) is 21.0. The van der Waals surface area contributed by atoms with Crippen LogP contribution in [-0.4, -0.2) is 40.0 Å². The summed E-state index contributed by atoms with van der Waals surface area (Å²) in [5.74, 6) is -2.49. The first-order chi connectivity index (χ1) is 17.1. The standard InChI is InChI=1S/C29H32O7/c1-18(2)6-5-7-19(3)8-11-21-16-22(12-15-24(21)31)25-26(32)27(33)36-29(25,28(34)35-4)17-20-9-13-23(30)14-10-20/h6,8-10,12-16,30-32H,5,7,11,17H2,1-4H3/b19-8+/t29-/m1/s1. The number of cyclic esters (lactones) is 1. The van der Waals surface area contributed by atoms with E-state index in [2.05, 4.69) is 19.9 Å². The Hall–Kier alpha value is -4.00. The minimum Gasteiger partial charge on any atom is -0.508 e. The van der Waals surface area contributed by atoms with Gasteiger partial charge >= 0.3 is 11.9 Å². The molecular formula is C29H32O7. The molecule has 0 unspecified atom stereocenters. The number of hydrogen-bond acceptors (Lipinski definition) is 7. The molecule has 0 bridgehead atoms. The van der Waals surface area contributed by atoms with Crippen LogP contribution >= 0.6 is 0 Å². The Balaban J connectivity index is 2.00. The molecule has 1 aliphatic rings. The summed E-state index contributed by atoms with van der Waals surface area (Å²) in [6.07, 6.45) is 6.30. The van der Waals surface area contributed by atoms with Crippen LogP contribution in [0, 0.1) is 0 Å². The van der Waals surface area contributed by atoms with Crippen molar-refractivity contribution in [1.82, 2.24) is 0 Å². The SMILES string of the molecule is COC(=O)[C@]1(Cc2ccc(O)cc2)OC(=O)C(O)=C1c1ccc(O)c(C/C=C(\C)CCC=C(C)C)c1. The zero-order chi connectivity index (χ0) is 26.5. The molecule has 1 aliphatic heterocycles. The largest absolute Gasteiger partial charge is 0.508 e. The quantitative estimate of drug-likeness (QED) is 0.321. The van der Waals surface area contributed by atoms with Gasteiger partial charge in [-0.05, 0) is 81.0 Å². The fraction of sp³-hybridized carbons (Fsp3) is 0.310. The Labute approximate surface area is 211 Å². The van der Waals surface area contributed by atoms with Crippen LogP contribution in [0.15, 0.2) is 71.5 Å². The van der Waals surface area contributed by atoms with Gasteiger partial charge in [-0.2, -0.15) is 0 Å². The van der Waals surface area contributed by atoms with Crippen LogP contribution in [0.1, 0.15) is 50.3 Å². The second-order valence-electron chi connectivity index (χ2n) is 9.19. The molecular weight excluding hydrogens is 460 g/mol. The van der Waals surface area contributed by atoms with Gasteiger partial charge in [0.05, 0.1) is 12.7 Å². The molecule has 7 heteroatoms. The highest BCUT2D eigenvalue weighted by molar-refractivity contribution is 6.11. The first-order valence-electron chi connectivity index (χ1n) is 11.7. The fourth-order valence-corrected chi connectivity index (χ4v) is 4.21. The first-order valence-corrected chi connectivity index (χ1v) is 11.7. The number of rotatable bonds is 9. The summed E-state index contributed by atoms with van der Waals surface area (Å²) in [6.45, 7) is 6.14. The third-order valence-electron chi connectivity index (χ3n) is 6.14. The molecule has 2 aromatic rings. The highest BCUT2D eigenvalue weighted by Crippen LogP contribution is 2.43. The molecule has 0 amide bonds. The van der Waals surface area contributed by atoms with Gasteiger partial charge in [-0.1, -0.05) is 41.5 Å². The number of benzene rings is 2. The van der Waals surface area contributed by atoms with Gasteiger partial charge in [0.1, 0.15) is 11.5 Å². The maximum absolute atomic E-state index is 13.0. The molecule has 0 saturated carbocycles. The molecule has 190 valence electrons. The Morgan fingerprint density at radius 3 is 2.36 bits per heavy atom. The molecule has 1 atom stereocenters. The number of ether oxygens (including phenoxy) is 2. The lowest BCUT2D eigenvalue weighted by Crippen LogP contribution is -2.44. The van der Waals surface area contributed by atoms with Crippen molar-refractivity contribution in [2.75, 3.05) is 7.11 Å². The van der Waals surface area contributed by atoms with Crippen LogP contribution in [0.3, 0.4) is 0 Å². The summed E-state index contributed by atoms with van der Waals surface area (Å²) < 4.78 is 10.5. The van der Waals surface area contributed by atoms with E-state index in [1.165, 1.54) is 36.9 Å². The highest BCUT2D eigenvalue weighted by Gasteiger charge is 2.55. The Kier molecular flexibility index (Phi) is 8.25. The molecule has 3 N–H and O–H groups in total. The lowest BCUT2D eigenvalue weighted by molar-refractivity contribution is -0.169. The van der Waals surface area contributed by atoms with Crippen LogP contribution in [-0.2, 0) is 31.9 Å². The topological polar surface area (TPSA) is 113 Å². The van der Waals surface area contributed by atoms with E-state index in [1.54, 1.807) is 18.2 Å². The van der Waals surface area contributed by atoms with Gasteiger partial charge in [0.25, 0.3) is 0 Å². The van der Waals surface area contributed by atoms with Gasteiger partial charge in [0, 0.05) is 6.42 Å². The van der Waals surface area contributed by atoms with Crippen molar-refractivity contribution >= 4 is 17.5 Å². The molecule has 7 nitrogen and oxygen atoms in total. The second kappa shape index (κ2) is 11.2. The maximum atomic E-state index is 13.0. The number of esters is 2. The van der Waals surface area contributed by atoms with Crippen molar-refractivity contribution in [2.45, 2.75) is 52.1 Å². The van der Waals surface area contributed by atoms with Crippen LogP contribution in [0.2, 0.25) is 0 Å². The van der Waals surface area contributed by atoms with E-state index in [0.29, 0.717) is 23.1 Å². The van der Waals surface area contributed by atoms with Crippen molar-refractivity contribution in [2.24, 2.45) is 0 Å². The summed E-state index contributed by atoms with van der Waals surface area (Å²) in [6, 6.07) is 10.7. The Bertz CT molecular complexity index is 1230. The number of hydrogen-bond donors (Lipinski definition) is 3. The molecule has 36 heavy (non-hydrogen) atoms. The summed E-state index contributed by atoms with van der Waals surface area (Å²) in [7, 11) is 1.17. The number of carbonyl (C=O) groups is 2. The molecule has 2 aromatic carbocycles. The monoisotopic (exact) mass is 492 g/mol. The molecule has 1 heterocycles. The number of aliphatic hydroxyl groups is 1. The van der Waals surface area contributed by atoms with Gasteiger partial charge in [-0.25, -0.2) is 9.59 Å². The number of phenols is 2. The summed E-state index contributed by atoms with van der Waals surface area (Å²) in [5.41, 5.74) is 1.95. The van der Waals surface area contributed by atoms with Crippen molar-refractivity contribution in [3.8, 4) is 11.5 Å². The molecule has 0 spiro atoms. The molecule has 0 aromatic heterocycles. The number of allylic oxidation sites excluding steroid dienone is 4. The third-order valence-corrected chi connectivity index (χ3v) is 6.14. The molecule has 3 rings (SSSR count). The van der Waals surface area contributed by atoms with Gasteiger partial charge in [-0.15, -0.1) is 0 Å². The number of aromatic hydroxyl groups is 2. The molecule has 0 radical (unpaired) electrons. The predicted molar refractivity (Wildman–Crippen MR) is 136 cm³/mol. The van der Waals surface area contributed by atoms with E-state index in [-0.39, 0.29) is 23.5 Å². The lowest BCUT2D eigenvalue weighted by atomic mass is 9.82. The Morgan fingerprint density at radius 2 is 1.72 bits per heavy atom. The number of carbonyl (C=O) groups excluding carboxylic acids is 2. The van der Waals surface area contributed by atoms with Crippen molar-refractivity contribution in [1.29, 1.82) is 0 Å². The van der Waals surface area contributed by atoms with E-state index in [9.17, 15) is 24.9 Å². The summed E-state index contributed by atoms with van der Waals surface area (Å²) in [4.78, 5) is 25.6. The normalized spacial score (nSPS) is 17.7. The van der Waals surface area contributed by atoms with Gasteiger partial charge in [-0.3, -0.25) is 0 Å². The highest BCUT2D eigenvalue weighted by atomic mass is 16.6. The maximum Gasteiger partial charge on any atom is 0.375 e. The van der Waals surface area contributed by atoms with E-state index in [0.717, 1.165) is 18.4 Å². The van der Waals surface area contributed by atoms with Crippen LogP contribution in [0.25, 0.3) is 5.57 Å². The van der Waals surface area contributed by atoms with Gasteiger partial charge in [0.15, 0.2) is 0 Å². The molecule has 0 saturated heterocycles. The fourth-order valence-electron chi connectivity index (χ4n) is 4.21. The van der Waals surface area contributed by atoms with Crippen LogP contribution in [0.5, 0.6) is 11.5 Å². The lowest BCUT2D eigenvalue weighted by Gasteiger charge is -2.28. The minimum absolute atomic E-state index is 0.0297. The average Bonchev–Trinajstić information content (AvgIpc) is 3.09. The predicted octanol–water partition coefficient (Wildman–Crippen LogP) is 5.31. The van der Waals surface area contributed by atoms with E-state index >= 15 is 0 Å². The smallest absolute Gasteiger partial charge is 0.375 e. The van der Waals surface area contributed by atoms with E-state index in [1.807, 2.05) is 13.0 Å². The summed E-state index contributed by atoms with van der Waals surface area (Å²) in [5, 5.41) is 30.8. The van der Waals surface area contributed by atoms with E-state index < -0.39 is 23.3 Å². The second-order valence-corrected chi connectivity index (χ2v) is 9.19. The summed E-state index contributed by atoms with van der Waals surface area (Å²) >= 11 is 0. The third kappa shape index (κ3) is 5.79. The molecule has 0 fully saturated rings. The zero-order valence-electron chi connectivity index (χ0n) is 21.0. The van der Waals surface area contributed by atoms with Crippen molar-refractivity contribution in [3.63, 3.8) is 0 Å².